The number of rotatable bonds is 7. The maximum atomic E-state index is 12.0. The summed E-state index contributed by atoms with van der Waals surface area (Å²) in [7, 11) is 1.94. The quantitative estimate of drug-likeness (QED) is 0.660. The molecular weight excluding hydrogens is 254 g/mol. The fraction of sp³-hybridized carbons (Fsp3) is 0.867. The lowest BCUT2D eigenvalue weighted by molar-refractivity contribution is -0.123. The van der Waals surface area contributed by atoms with Gasteiger partial charge in [0.05, 0.1) is 0 Å². The summed E-state index contributed by atoms with van der Waals surface area (Å²) in [5.74, 6) is 0.0277. The third kappa shape index (κ3) is 5.90. The van der Waals surface area contributed by atoms with Crippen molar-refractivity contribution < 1.29 is 9.59 Å². The fourth-order valence-corrected chi connectivity index (χ4v) is 2.82. The van der Waals surface area contributed by atoms with E-state index >= 15 is 0 Å². The molecule has 1 aliphatic rings. The highest BCUT2D eigenvalue weighted by molar-refractivity contribution is 5.79. The lowest BCUT2D eigenvalue weighted by Crippen LogP contribution is -2.48. The first-order valence-electron chi connectivity index (χ1n) is 7.72. The average Bonchev–Trinajstić information content (AvgIpc) is 2.38. The molecule has 0 aromatic rings. The summed E-state index contributed by atoms with van der Waals surface area (Å²) in [6, 6.07) is 0.146. The van der Waals surface area contributed by atoms with Gasteiger partial charge in [-0.1, -0.05) is 19.3 Å². The molecule has 0 unspecified atom stereocenters. The Bertz CT molecular complexity index is 323. The van der Waals surface area contributed by atoms with Crippen molar-refractivity contribution in [2.24, 2.45) is 0 Å². The minimum Gasteiger partial charge on any atom is -0.356 e. The molecule has 5 heteroatoms. The smallest absolute Gasteiger partial charge is 0.221 e. The van der Waals surface area contributed by atoms with Crippen LogP contribution >= 0.6 is 0 Å². The summed E-state index contributed by atoms with van der Waals surface area (Å²) in [6.07, 6.45) is 6.61. The van der Waals surface area contributed by atoms with Crippen LogP contribution in [-0.2, 0) is 9.59 Å². The normalized spacial score (nSPS) is 17.8. The molecule has 20 heavy (non-hydrogen) atoms. The molecule has 3 N–H and O–H groups in total. The van der Waals surface area contributed by atoms with E-state index in [2.05, 4.69) is 16.0 Å². The molecule has 0 heterocycles. The van der Waals surface area contributed by atoms with Crippen LogP contribution in [0.25, 0.3) is 0 Å². The first-order chi connectivity index (χ1) is 9.47. The van der Waals surface area contributed by atoms with Crippen molar-refractivity contribution >= 4 is 11.8 Å². The van der Waals surface area contributed by atoms with E-state index in [9.17, 15) is 9.59 Å². The van der Waals surface area contributed by atoms with Crippen LogP contribution in [-0.4, -0.2) is 37.0 Å². The molecule has 5 nitrogen and oxygen atoms in total. The van der Waals surface area contributed by atoms with Gasteiger partial charge in [-0.2, -0.15) is 0 Å². The van der Waals surface area contributed by atoms with Crippen molar-refractivity contribution in [1.29, 1.82) is 0 Å². The van der Waals surface area contributed by atoms with Crippen LogP contribution in [0.15, 0.2) is 0 Å². The SMILES string of the molecule is CNC1(CC(=O)NCCC(=O)NC(C)C)CCCCC1. The van der Waals surface area contributed by atoms with Crippen molar-refractivity contribution in [1.82, 2.24) is 16.0 Å². The Morgan fingerprint density at radius 1 is 1.10 bits per heavy atom. The minimum atomic E-state index is -0.0392. The van der Waals surface area contributed by atoms with Crippen LogP contribution in [0.1, 0.15) is 58.8 Å². The Hall–Kier alpha value is -1.10. The van der Waals surface area contributed by atoms with E-state index in [1.165, 1.54) is 19.3 Å². The van der Waals surface area contributed by atoms with Gasteiger partial charge in [-0.15, -0.1) is 0 Å². The highest BCUT2D eigenvalue weighted by atomic mass is 16.2. The number of hydrogen-bond donors (Lipinski definition) is 3. The van der Waals surface area contributed by atoms with E-state index in [0.717, 1.165) is 12.8 Å². The zero-order valence-corrected chi connectivity index (χ0v) is 13.1. The molecule has 0 aliphatic heterocycles. The molecule has 1 rings (SSSR count). The van der Waals surface area contributed by atoms with Gasteiger partial charge in [0.1, 0.15) is 0 Å². The molecule has 116 valence electrons. The number of nitrogens with one attached hydrogen (secondary N) is 3. The summed E-state index contributed by atoms with van der Waals surface area (Å²) >= 11 is 0. The van der Waals surface area contributed by atoms with Crippen molar-refractivity contribution in [3.05, 3.63) is 0 Å². The van der Waals surface area contributed by atoms with E-state index < -0.39 is 0 Å². The molecule has 2 amide bonds. The lowest BCUT2D eigenvalue weighted by Gasteiger charge is -2.36. The Morgan fingerprint density at radius 3 is 2.30 bits per heavy atom. The van der Waals surface area contributed by atoms with Crippen LogP contribution in [0.4, 0.5) is 0 Å². The van der Waals surface area contributed by atoms with Gasteiger partial charge in [-0.25, -0.2) is 0 Å². The predicted molar refractivity (Wildman–Crippen MR) is 80.4 cm³/mol. The van der Waals surface area contributed by atoms with Crippen molar-refractivity contribution in [2.75, 3.05) is 13.6 Å². The molecule has 1 saturated carbocycles. The molecule has 0 radical (unpaired) electrons. The van der Waals surface area contributed by atoms with Crippen molar-refractivity contribution in [3.63, 3.8) is 0 Å². The predicted octanol–water partition coefficient (Wildman–Crippen LogP) is 1.33. The van der Waals surface area contributed by atoms with E-state index in [1.807, 2.05) is 20.9 Å². The summed E-state index contributed by atoms with van der Waals surface area (Å²) in [5, 5.41) is 9.00. The monoisotopic (exact) mass is 283 g/mol. The van der Waals surface area contributed by atoms with Gasteiger partial charge < -0.3 is 16.0 Å². The lowest BCUT2D eigenvalue weighted by atomic mass is 9.79. The highest BCUT2D eigenvalue weighted by Gasteiger charge is 2.32. The van der Waals surface area contributed by atoms with E-state index in [4.69, 9.17) is 0 Å². The first-order valence-corrected chi connectivity index (χ1v) is 7.72. The number of amides is 2. The van der Waals surface area contributed by atoms with Gasteiger partial charge in [-0.05, 0) is 33.7 Å². The maximum Gasteiger partial charge on any atom is 0.221 e. The molecule has 0 bridgehead atoms. The van der Waals surface area contributed by atoms with Crippen LogP contribution < -0.4 is 16.0 Å². The third-order valence-corrected chi connectivity index (χ3v) is 3.96. The summed E-state index contributed by atoms with van der Waals surface area (Å²) in [5.41, 5.74) is -0.0392. The molecule has 0 aromatic carbocycles. The second kappa shape index (κ2) is 8.25. The topological polar surface area (TPSA) is 70.2 Å². The van der Waals surface area contributed by atoms with E-state index in [1.54, 1.807) is 0 Å². The second-order valence-electron chi connectivity index (χ2n) is 6.09. The van der Waals surface area contributed by atoms with E-state index in [0.29, 0.717) is 19.4 Å². The maximum absolute atomic E-state index is 12.0. The molecule has 1 fully saturated rings. The summed E-state index contributed by atoms with van der Waals surface area (Å²) in [4.78, 5) is 23.5. The highest BCUT2D eigenvalue weighted by Crippen LogP contribution is 2.30. The van der Waals surface area contributed by atoms with Gasteiger partial charge in [0.15, 0.2) is 0 Å². The Kier molecular flexibility index (Phi) is 6.99. The molecule has 0 spiro atoms. The fourth-order valence-electron chi connectivity index (χ4n) is 2.82. The first kappa shape index (κ1) is 17.0. The zero-order chi connectivity index (χ0) is 15.0. The number of hydrogen-bond acceptors (Lipinski definition) is 3. The molecule has 1 aliphatic carbocycles. The number of carbonyl (C=O) groups excluding carboxylic acids is 2. The standard InChI is InChI=1S/C15H29N3O2/c1-12(2)18-13(19)7-10-17-14(20)11-15(16-3)8-5-4-6-9-15/h12,16H,4-11H2,1-3H3,(H,17,20)(H,18,19). The molecule has 0 atom stereocenters. The Labute approximate surface area is 122 Å². The van der Waals surface area contributed by atoms with Crippen LogP contribution in [0, 0.1) is 0 Å². The minimum absolute atomic E-state index is 0.0127. The third-order valence-electron chi connectivity index (χ3n) is 3.96. The largest absolute Gasteiger partial charge is 0.356 e. The Balaban J connectivity index is 2.27. The molecular formula is C15H29N3O2. The molecule has 0 saturated heterocycles. The van der Waals surface area contributed by atoms with Gasteiger partial charge >= 0.3 is 0 Å². The summed E-state index contributed by atoms with van der Waals surface area (Å²) < 4.78 is 0. The van der Waals surface area contributed by atoms with Gasteiger partial charge in [0.2, 0.25) is 11.8 Å². The van der Waals surface area contributed by atoms with Crippen LogP contribution in [0.2, 0.25) is 0 Å². The zero-order valence-electron chi connectivity index (χ0n) is 13.1. The van der Waals surface area contributed by atoms with Crippen molar-refractivity contribution in [2.45, 2.75) is 70.4 Å². The van der Waals surface area contributed by atoms with Gasteiger partial charge in [-0.3, -0.25) is 9.59 Å². The van der Waals surface area contributed by atoms with Crippen LogP contribution in [0.5, 0.6) is 0 Å². The second-order valence-corrected chi connectivity index (χ2v) is 6.09. The van der Waals surface area contributed by atoms with E-state index in [-0.39, 0.29) is 23.4 Å². The Morgan fingerprint density at radius 2 is 1.75 bits per heavy atom. The van der Waals surface area contributed by atoms with Crippen LogP contribution in [0.3, 0.4) is 0 Å². The average molecular weight is 283 g/mol. The number of carbonyl (C=O) groups is 2. The van der Waals surface area contributed by atoms with Gasteiger partial charge in [0, 0.05) is 31.0 Å². The van der Waals surface area contributed by atoms with Crippen molar-refractivity contribution in [3.8, 4) is 0 Å². The van der Waals surface area contributed by atoms with Gasteiger partial charge in [0.25, 0.3) is 0 Å². The molecule has 0 aromatic heterocycles. The summed E-state index contributed by atoms with van der Waals surface area (Å²) in [6.45, 7) is 4.27.